The smallest absolute Gasteiger partial charge is 0.264 e. The standard InChI is InChI=1S/C22H24N2O6S/c25-22(21-14-16-4-1-2-5-18(16)30-21)23-8-10-24(11-9-23)31(26,27)17-6-7-19-20(15-17)29-13-3-12-28-19/h1-2,4-7,15,21H,3,8-14H2/t21-/m1/s1. The van der Waals surface area contributed by atoms with E-state index in [0.29, 0.717) is 44.2 Å². The van der Waals surface area contributed by atoms with Crippen molar-refractivity contribution in [3.63, 3.8) is 0 Å². The maximum Gasteiger partial charge on any atom is 0.264 e. The summed E-state index contributed by atoms with van der Waals surface area (Å²) in [5, 5.41) is 0. The lowest BCUT2D eigenvalue weighted by atomic mass is 10.1. The number of carbonyl (C=O) groups is 1. The van der Waals surface area contributed by atoms with Gasteiger partial charge in [0.05, 0.1) is 18.1 Å². The monoisotopic (exact) mass is 444 g/mol. The molecule has 0 bridgehead atoms. The highest BCUT2D eigenvalue weighted by Crippen LogP contribution is 2.33. The van der Waals surface area contributed by atoms with E-state index in [9.17, 15) is 13.2 Å². The van der Waals surface area contributed by atoms with E-state index in [-0.39, 0.29) is 23.9 Å². The van der Waals surface area contributed by atoms with Crippen molar-refractivity contribution in [1.29, 1.82) is 0 Å². The first-order valence-electron chi connectivity index (χ1n) is 10.5. The summed E-state index contributed by atoms with van der Waals surface area (Å²) in [6.45, 7) is 2.18. The number of benzene rings is 2. The molecule has 1 amide bonds. The highest BCUT2D eigenvalue weighted by Gasteiger charge is 2.36. The summed E-state index contributed by atoms with van der Waals surface area (Å²) in [5.74, 6) is 1.66. The Hall–Kier alpha value is -2.78. The molecule has 164 valence electrons. The molecule has 5 rings (SSSR count). The number of amides is 1. The van der Waals surface area contributed by atoms with Gasteiger partial charge in [0, 0.05) is 45.1 Å². The van der Waals surface area contributed by atoms with E-state index in [2.05, 4.69) is 0 Å². The van der Waals surface area contributed by atoms with Crippen molar-refractivity contribution in [3.05, 3.63) is 48.0 Å². The number of nitrogens with zero attached hydrogens (tertiary/aromatic N) is 2. The quantitative estimate of drug-likeness (QED) is 0.716. The van der Waals surface area contributed by atoms with Crippen LogP contribution in [-0.4, -0.2) is 69.0 Å². The largest absolute Gasteiger partial charge is 0.490 e. The van der Waals surface area contributed by atoms with Gasteiger partial charge in [-0.25, -0.2) is 8.42 Å². The van der Waals surface area contributed by atoms with Crippen molar-refractivity contribution in [1.82, 2.24) is 9.21 Å². The lowest BCUT2D eigenvalue weighted by Crippen LogP contribution is -2.53. The average molecular weight is 445 g/mol. The maximum atomic E-state index is 13.1. The number of fused-ring (bicyclic) bond motifs is 2. The Labute approximate surface area is 181 Å². The van der Waals surface area contributed by atoms with Crippen LogP contribution in [0, 0.1) is 0 Å². The number of carbonyl (C=O) groups excluding carboxylic acids is 1. The number of piperazine rings is 1. The summed E-state index contributed by atoms with van der Waals surface area (Å²) in [4.78, 5) is 14.8. The van der Waals surface area contributed by atoms with Crippen molar-refractivity contribution in [3.8, 4) is 17.2 Å². The third kappa shape index (κ3) is 3.83. The molecule has 0 saturated carbocycles. The molecule has 0 radical (unpaired) electrons. The Morgan fingerprint density at radius 2 is 1.65 bits per heavy atom. The van der Waals surface area contributed by atoms with Crippen LogP contribution in [0.1, 0.15) is 12.0 Å². The van der Waals surface area contributed by atoms with Gasteiger partial charge in [-0.2, -0.15) is 4.31 Å². The second kappa shape index (κ2) is 8.05. The predicted molar refractivity (Wildman–Crippen MR) is 112 cm³/mol. The summed E-state index contributed by atoms with van der Waals surface area (Å²) in [5.41, 5.74) is 1.02. The van der Waals surface area contributed by atoms with Crippen molar-refractivity contribution in [2.24, 2.45) is 0 Å². The van der Waals surface area contributed by atoms with Crippen LogP contribution < -0.4 is 14.2 Å². The average Bonchev–Trinajstić information content (AvgIpc) is 3.09. The Morgan fingerprint density at radius 1 is 0.903 bits per heavy atom. The molecule has 1 atom stereocenters. The van der Waals surface area contributed by atoms with E-state index in [0.717, 1.165) is 17.7 Å². The van der Waals surface area contributed by atoms with Gasteiger partial charge in [-0.3, -0.25) is 4.79 Å². The first-order chi connectivity index (χ1) is 15.0. The number of para-hydroxylation sites is 1. The lowest BCUT2D eigenvalue weighted by Gasteiger charge is -2.35. The van der Waals surface area contributed by atoms with Gasteiger partial charge < -0.3 is 19.1 Å². The van der Waals surface area contributed by atoms with Gasteiger partial charge in [0.15, 0.2) is 17.6 Å². The minimum absolute atomic E-state index is 0.0937. The zero-order valence-electron chi connectivity index (χ0n) is 17.0. The van der Waals surface area contributed by atoms with Crippen LogP contribution >= 0.6 is 0 Å². The molecule has 0 spiro atoms. The number of sulfonamides is 1. The first kappa shape index (κ1) is 20.1. The van der Waals surface area contributed by atoms with E-state index < -0.39 is 16.1 Å². The number of hydrogen-bond acceptors (Lipinski definition) is 6. The molecule has 2 aromatic carbocycles. The van der Waals surface area contributed by atoms with Crippen molar-refractivity contribution in [2.45, 2.75) is 23.8 Å². The molecule has 31 heavy (non-hydrogen) atoms. The summed E-state index contributed by atoms with van der Waals surface area (Å²) in [6.07, 6.45) is 0.759. The zero-order chi connectivity index (χ0) is 21.4. The van der Waals surface area contributed by atoms with Crippen LogP contribution in [0.5, 0.6) is 17.2 Å². The Balaban J connectivity index is 1.24. The Morgan fingerprint density at radius 3 is 2.42 bits per heavy atom. The summed E-state index contributed by atoms with van der Waals surface area (Å²) >= 11 is 0. The topological polar surface area (TPSA) is 85.4 Å². The van der Waals surface area contributed by atoms with Crippen molar-refractivity contribution >= 4 is 15.9 Å². The zero-order valence-corrected chi connectivity index (χ0v) is 17.8. The van der Waals surface area contributed by atoms with E-state index in [1.807, 2.05) is 24.3 Å². The normalized spacial score (nSPS) is 21.2. The van der Waals surface area contributed by atoms with Gasteiger partial charge in [-0.05, 0) is 23.8 Å². The molecule has 0 unspecified atom stereocenters. The van der Waals surface area contributed by atoms with E-state index in [4.69, 9.17) is 14.2 Å². The van der Waals surface area contributed by atoms with E-state index in [1.165, 1.54) is 10.4 Å². The Kier molecular flexibility index (Phi) is 5.23. The summed E-state index contributed by atoms with van der Waals surface area (Å²) in [7, 11) is -3.69. The SMILES string of the molecule is O=C([C@H]1Cc2ccccc2O1)N1CCN(S(=O)(=O)c2ccc3c(c2)OCCCO3)CC1. The van der Waals surface area contributed by atoms with Gasteiger partial charge in [-0.1, -0.05) is 18.2 Å². The summed E-state index contributed by atoms with van der Waals surface area (Å²) < 4.78 is 44.7. The fourth-order valence-corrected chi connectivity index (χ4v) is 5.56. The molecule has 0 aliphatic carbocycles. The fraction of sp³-hybridized carbons (Fsp3) is 0.409. The summed E-state index contributed by atoms with van der Waals surface area (Å²) in [6, 6.07) is 12.3. The van der Waals surface area contributed by atoms with Crippen molar-refractivity contribution < 1.29 is 27.4 Å². The molecule has 3 aliphatic heterocycles. The molecular formula is C22H24N2O6S. The van der Waals surface area contributed by atoms with Gasteiger partial charge in [0.2, 0.25) is 10.0 Å². The first-order valence-corrected chi connectivity index (χ1v) is 11.9. The molecule has 0 N–H and O–H groups in total. The molecule has 2 aromatic rings. The fourth-order valence-electron chi connectivity index (χ4n) is 4.13. The van der Waals surface area contributed by atoms with Gasteiger partial charge in [-0.15, -0.1) is 0 Å². The van der Waals surface area contributed by atoms with Gasteiger partial charge in [0.1, 0.15) is 5.75 Å². The highest BCUT2D eigenvalue weighted by molar-refractivity contribution is 7.89. The minimum atomic E-state index is -3.69. The van der Waals surface area contributed by atoms with Gasteiger partial charge >= 0.3 is 0 Å². The Bertz CT molecular complexity index is 1070. The number of ether oxygens (including phenoxy) is 3. The van der Waals surface area contributed by atoms with Crippen LogP contribution in [0.4, 0.5) is 0 Å². The molecule has 1 saturated heterocycles. The second-order valence-electron chi connectivity index (χ2n) is 7.81. The van der Waals surface area contributed by atoms with Crippen LogP contribution in [-0.2, 0) is 21.2 Å². The molecule has 8 nitrogen and oxygen atoms in total. The highest BCUT2D eigenvalue weighted by atomic mass is 32.2. The van der Waals surface area contributed by atoms with E-state index in [1.54, 1.807) is 17.0 Å². The minimum Gasteiger partial charge on any atom is -0.490 e. The number of rotatable bonds is 3. The molecule has 3 heterocycles. The molecule has 9 heteroatoms. The molecule has 1 fully saturated rings. The van der Waals surface area contributed by atoms with Crippen LogP contribution in [0.2, 0.25) is 0 Å². The third-order valence-electron chi connectivity index (χ3n) is 5.83. The maximum absolute atomic E-state index is 13.1. The third-order valence-corrected chi connectivity index (χ3v) is 7.72. The van der Waals surface area contributed by atoms with Gasteiger partial charge in [0.25, 0.3) is 5.91 Å². The molecular weight excluding hydrogens is 420 g/mol. The second-order valence-corrected chi connectivity index (χ2v) is 9.74. The van der Waals surface area contributed by atoms with Crippen molar-refractivity contribution in [2.75, 3.05) is 39.4 Å². The number of hydrogen-bond donors (Lipinski definition) is 0. The molecule has 0 aromatic heterocycles. The lowest BCUT2D eigenvalue weighted by molar-refractivity contribution is -0.139. The molecule has 3 aliphatic rings. The predicted octanol–water partition coefficient (Wildman–Crippen LogP) is 1.68. The van der Waals surface area contributed by atoms with Crippen LogP contribution in [0.3, 0.4) is 0 Å². The van der Waals surface area contributed by atoms with E-state index >= 15 is 0 Å². The van der Waals surface area contributed by atoms with Crippen LogP contribution in [0.25, 0.3) is 0 Å². The van der Waals surface area contributed by atoms with Crippen LogP contribution in [0.15, 0.2) is 47.4 Å².